The largest absolute Gasteiger partial charge is 0.416 e. The summed E-state index contributed by atoms with van der Waals surface area (Å²) in [6.45, 7) is 0.0411. The van der Waals surface area contributed by atoms with Gasteiger partial charge in [-0.3, -0.25) is 4.98 Å². The quantitative estimate of drug-likeness (QED) is 0.906. The number of pyridine rings is 1. The zero-order chi connectivity index (χ0) is 13.9. The van der Waals surface area contributed by atoms with Gasteiger partial charge in [0.2, 0.25) is 0 Å². The predicted octanol–water partition coefficient (Wildman–Crippen LogP) is 4.37. The van der Waals surface area contributed by atoms with Crippen LogP contribution in [0.25, 0.3) is 0 Å². The standard InChI is InChI=1S/C13H10ClF3N2/c14-11-8-18-6-5-12(11)19-7-9-3-1-2-4-10(9)13(15,16)17/h1-6,8H,7H2,(H,18,19). The molecular weight excluding hydrogens is 277 g/mol. The first kappa shape index (κ1) is 13.7. The van der Waals surface area contributed by atoms with Crippen LogP contribution >= 0.6 is 11.6 Å². The Morgan fingerprint density at radius 1 is 1.16 bits per heavy atom. The van der Waals surface area contributed by atoms with Crippen LogP contribution in [0.2, 0.25) is 5.02 Å². The Kier molecular flexibility index (Phi) is 3.95. The Balaban J connectivity index is 2.19. The summed E-state index contributed by atoms with van der Waals surface area (Å²) < 4.78 is 38.4. The lowest BCUT2D eigenvalue weighted by Crippen LogP contribution is -2.11. The van der Waals surface area contributed by atoms with Gasteiger partial charge in [0.25, 0.3) is 0 Å². The topological polar surface area (TPSA) is 24.9 Å². The monoisotopic (exact) mass is 286 g/mol. The van der Waals surface area contributed by atoms with Crippen LogP contribution < -0.4 is 5.32 Å². The van der Waals surface area contributed by atoms with Crippen molar-refractivity contribution in [2.75, 3.05) is 5.32 Å². The summed E-state index contributed by atoms with van der Waals surface area (Å²) in [5.41, 5.74) is 0.0733. The van der Waals surface area contributed by atoms with Gasteiger partial charge in [0.1, 0.15) is 0 Å². The zero-order valence-electron chi connectivity index (χ0n) is 9.71. The van der Waals surface area contributed by atoms with E-state index in [0.717, 1.165) is 6.07 Å². The molecule has 1 N–H and O–H groups in total. The molecule has 0 spiro atoms. The third-order valence-electron chi connectivity index (χ3n) is 2.56. The average molecular weight is 287 g/mol. The van der Waals surface area contributed by atoms with Crippen LogP contribution in [0.5, 0.6) is 0 Å². The van der Waals surface area contributed by atoms with Gasteiger partial charge in [-0.1, -0.05) is 29.8 Å². The van der Waals surface area contributed by atoms with Gasteiger partial charge >= 0.3 is 6.18 Å². The van der Waals surface area contributed by atoms with E-state index in [0.29, 0.717) is 10.7 Å². The number of halogens is 4. The molecule has 0 bridgehead atoms. The summed E-state index contributed by atoms with van der Waals surface area (Å²) in [6, 6.07) is 7.04. The molecule has 2 aromatic rings. The van der Waals surface area contributed by atoms with Crippen LogP contribution in [0, 0.1) is 0 Å². The van der Waals surface area contributed by atoms with E-state index in [-0.39, 0.29) is 12.1 Å². The van der Waals surface area contributed by atoms with E-state index in [1.165, 1.54) is 24.5 Å². The number of hydrogen-bond donors (Lipinski definition) is 1. The Hall–Kier alpha value is -1.75. The minimum atomic E-state index is -4.36. The molecule has 0 saturated carbocycles. The van der Waals surface area contributed by atoms with Crippen molar-refractivity contribution in [1.29, 1.82) is 0 Å². The van der Waals surface area contributed by atoms with E-state index in [4.69, 9.17) is 11.6 Å². The van der Waals surface area contributed by atoms with E-state index in [1.54, 1.807) is 12.1 Å². The summed E-state index contributed by atoms with van der Waals surface area (Å²) >= 11 is 5.87. The lowest BCUT2D eigenvalue weighted by molar-refractivity contribution is -0.138. The molecule has 0 saturated heterocycles. The van der Waals surface area contributed by atoms with Crippen molar-refractivity contribution in [3.05, 3.63) is 58.9 Å². The number of benzene rings is 1. The second-order valence-corrected chi connectivity index (χ2v) is 4.27. The average Bonchev–Trinajstić information content (AvgIpc) is 2.37. The Morgan fingerprint density at radius 3 is 2.58 bits per heavy atom. The van der Waals surface area contributed by atoms with Crippen molar-refractivity contribution in [3.63, 3.8) is 0 Å². The fourth-order valence-corrected chi connectivity index (χ4v) is 1.85. The van der Waals surface area contributed by atoms with Crippen molar-refractivity contribution < 1.29 is 13.2 Å². The maximum absolute atomic E-state index is 12.8. The van der Waals surface area contributed by atoms with Gasteiger partial charge in [-0.15, -0.1) is 0 Å². The zero-order valence-corrected chi connectivity index (χ0v) is 10.5. The van der Waals surface area contributed by atoms with Gasteiger partial charge in [0.05, 0.1) is 16.3 Å². The Labute approximate surface area is 113 Å². The first-order valence-electron chi connectivity index (χ1n) is 5.47. The summed E-state index contributed by atoms with van der Waals surface area (Å²) in [5.74, 6) is 0. The van der Waals surface area contributed by atoms with Crippen LogP contribution in [0.3, 0.4) is 0 Å². The highest BCUT2D eigenvalue weighted by Gasteiger charge is 2.32. The summed E-state index contributed by atoms with van der Waals surface area (Å²) in [7, 11) is 0. The molecule has 100 valence electrons. The lowest BCUT2D eigenvalue weighted by Gasteiger charge is -2.14. The van der Waals surface area contributed by atoms with Crippen LogP contribution in [0.15, 0.2) is 42.7 Å². The molecule has 2 nitrogen and oxygen atoms in total. The smallest absolute Gasteiger partial charge is 0.380 e. The Bertz CT molecular complexity index is 570. The van der Waals surface area contributed by atoms with E-state index in [9.17, 15) is 13.2 Å². The van der Waals surface area contributed by atoms with Crippen molar-refractivity contribution in [2.45, 2.75) is 12.7 Å². The second kappa shape index (κ2) is 5.48. The highest BCUT2D eigenvalue weighted by Crippen LogP contribution is 2.32. The molecule has 0 aliphatic heterocycles. The van der Waals surface area contributed by atoms with Gasteiger partial charge in [0.15, 0.2) is 0 Å². The first-order chi connectivity index (χ1) is 8.98. The number of rotatable bonds is 3. The Morgan fingerprint density at radius 2 is 1.89 bits per heavy atom. The molecule has 0 atom stereocenters. The van der Waals surface area contributed by atoms with Crippen LogP contribution in [-0.2, 0) is 12.7 Å². The molecule has 0 radical (unpaired) electrons. The number of nitrogens with zero attached hydrogens (tertiary/aromatic N) is 1. The van der Waals surface area contributed by atoms with Crippen LogP contribution in [-0.4, -0.2) is 4.98 Å². The highest BCUT2D eigenvalue weighted by atomic mass is 35.5. The van der Waals surface area contributed by atoms with Gasteiger partial charge in [-0.2, -0.15) is 13.2 Å². The summed E-state index contributed by atoms with van der Waals surface area (Å²) in [5, 5.41) is 3.24. The molecule has 6 heteroatoms. The van der Waals surface area contributed by atoms with Crippen LogP contribution in [0.4, 0.5) is 18.9 Å². The number of nitrogens with one attached hydrogen (secondary N) is 1. The molecular formula is C13H10ClF3N2. The van der Waals surface area contributed by atoms with Gasteiger partial charge in [-0.05, 0) is 17.7 Å². The molecule has 19 heavy (non-hydrogen) atoms. The maximum Gasteiger partial charge on any atom is 0.416 e. The normalized spacial score (nSPS) is 11.4. The van der Waals surface area contributed by atoms with Crippen molar-refractivity contribution >= 4 is 17.3 Å². The third kappa shape index (κ3) is 3.38. The summed E-state index contributed by atoms with van der Waals surface area (Å²) in [4.78, 5) is 3.80. The number of aromatic nitrogens is 1. The maximum atomic E-state index is 12.8. The molecule has 2 rings (SSSR count). The minimum Gasteiger partial charge on any atom is -0.380 e. The number of alkyl halides is 3. The molecule has 0 aliphatic carbocycles. The molecule has 0 amide bonds. The minimum absolute atomic E-state index is 0.0411. The van der Waals surface area contributed by atoms with E-state index < -0.39 is 11.7 Å². The van der Waals surface area contributed by atoms with E-state index >= 15 is 0 Å². The SMILES string of the molecule is FC(F)(F)c1ccccc1CNc1ccncc1Cl. The third-order valence-corrected chi connectivity index (χ3v) is 2.87. The van der Waals surface area contributed by atoms with Gasteiger partial charge < -0.3 is 5.32 Å². The first-order valence-corrected chi connectivity index (χ1v) is 5.85. The summed E-state index contributed by atoms with van der Waals surface area (Å²) in [6.07, 6.45) is -1.41. The number of hydrogen-bond acceptors (Lipinski definition) is 2. The lowest BCUT2D eigenvalue weighted by atomic mass is 10.1. The van der Waals surface area contributed by atoms with Crippen molar-refractivity contribution in [1.82, 2.24) is 4.98 Å². The van der Waals surface area contributed by atoms with Crippen LogP contribution in [0.1, 0.15) is 11.1 Å². The molecule has 1 heterocycles. The van der Waals surface area contributed by atoms with Gasteiger partial charge in [-0.25, -0.2) is 0 Å². The predicted molar refractivity (Wildman–Crippen MR) is 68.0 cm³/mol. The van der Waals surface area contributed by atoms with Crippen molar-refractivity contribution in [3.8, 4) is 0 Å². The second-order valence-electron chi connectivity index (χ2n) is 3.86. The number of anilines is 1. The highest BCUT2D eigenvalue weighted by molar-refractivity contribution is 6.33. The van der Waals surface area contributed by atoms with Crippen molar-refractivity contribution in [2.24, 2.45) is 0 Å². The van der Waals surface area contributed by atoms with E-state index in [2.05, 4.69) is 10.3 Å². The van der Waals surface area contributed by atoms with Gasteiger partial charge in [0, 0.05) is 18.9 Å². The molecule has 1 aromatic carbocycles. The van der Waals surface area contributed by atoms with E-state index in [1.807, 2.05) is 0 Å². The molecule has 0 unspecified atom stereocenters. The fourth-order valence-electron chi connectivity index (χ4n) is 1.66. The molecule has 0 fully saturated rings. The fraction of sp³-hybridized carbons (Fsp3) is 0.154. The molecule has 0 aliphatic rings. The molecule has 1 aromatic heterocycles.